The second-order valence-corrected chi connectivity index (χ2v) is 7.82. The highest BCUT2D eigenvalue weighted by atomic mass is 16.5. The monoisotopic (exact) mass is 346 g/mol. The molecule has 1 aromatic carbocycles. The minimum absolute atomic E-state index is 0.738. The van der Waals surface area contributed by atoms with Crippen molar-refractivity contribution in [2.45, 2.75) is 85.0 Å². The molecule has 0 N–H and O–H groups in total. The SMILES string of the molecule is CCCCCC1CCC(COc2ccc(OCCCC)cc2C)CC1. The summed E-state index contributed by atoms with van der Waals surface area (Å²) in [5.74, 6) is 3.70. The molecule has 2 rings (SSSR count). The van der Waals surface area contributed by atoms with Crippen LogP contribution in [0.4, 0.5) is 0 Å². The van der Waals surface area contributed by atoms with E-state index in [1.54, 1.807) is 0 Å². The number of hydrogen-bond acceptors (Lipinski definition) is 2. The van der Waals surface area contributed by atoms with E-state index in [0.29, 0.717) is 0 Å². The minimum Gasteiger partial charge on any atom is -0.494 e. The first-order valence-electron chi connectivity index (χ1n) is 10.6. The molecule has 0 amide bonds. The summed E-state index contributed by atoms with van der Waals surface area (Å²) in [6.45, 7) is 8.27. The van der Waals surface area contributed by atoms with E-state index in [9.17, 15) is 0 Å². The van der Waals surface area contributed by atoms with E-state index in [1.807, 2.05) is 6.07 Å². The summed E-state index contributed by atoms with van der Waals surface area (Å²) in [4.78, 5) is 0. The first-order chi connectivity index (χ1) is 12.2. The van der Waals surface area contributed by atoms with Gasteiger partial charge in [-0.25, -0.2) is 0 Å². The van der Waals surface area contributed by atoms with Gasteiger partial charge in [-0.2, -0.15) is 0 Å². The minimum atomic E-state index is 0.738. The molecule has 0 radical (unpaired) electrons. The average Bonchev–Trinajstić information content (AvgIpc) is 2.62. The Bertz CT molecular complexity index is 475. The predicted molar refractivity (Wildman–Crippen MR) is 107 cm³/mol. The number of unbranched alkanes of at least 4 members (excludes halogenated alkanes) is 3. The second-order valence-electron chi connectivity index (χ2n) is 7.82. The fourth-order valence-corrected chi connectivity index (χ4v) is 3.79. The molecule has 1 fully saturated rings. The van der Waals surface area contributed by atoms with Crippen molar-refractivity contribution >= 4 is 0 Å². The van der Waals surface area contributed by atoms with Crippen LogP contribution in [0.1, 0.15) is 83.6 Å². The van der Waals surface area contributed by atoms with Crippen molar-refractivity contribution in [2.24, 2.45) is 11.8 Å². The van der Waals surface area contributed by atoms with Gasteiger partial charge in [-0.3, -0.25) is 0 Å². The van der Waals surface area contributed by atoms with Crippen molar-refractivity contribution in [1.29, 1.82) is 0 Å². The number of rotatable bonds is 11. The molecule has 2 heteroatoms. The molecule has 142 valence electrons. The highest BCUT2D eigenvalue weighted by Crippen LogP contribution is 2.33. The Morgan fingerprint density at radius 3 is 2.28 bits per heavy atom. The van der Waals surface area contributed by atoms with Gasteiger partial charge in [0.15, 0.2) is 0 Å². The lowest BCUT2D eigenvalue weighted by Crippen LogP contribution is -2.20. The maximum absolute atomic E-state index is 6.14. The van der Waals surface area contributed by atoms with Gasteiger partial charge in [-0.15, -0.1) is 0 Å². The van der Waals surface area contributed by atoms with Crippen LogP contribution in [0.15, 0.2) is 18.2 Å². The summed E-state index contributed by atoms with van der Waals surface area (Å²) >= 11 is 0. The zero-order chi connectivity index (χ0) is 17.9. The quantitative estimate of drug-likeness (QED) is 0.404. The van der Waals surface area contributed by atoms with Gasteiger partial charge in [-0.1, -0.05) is 58.8 Å². The number of aryl methyl sites for hydroxylation is 1. The third-order valence-electron chi connectivity index (χ3n) is 5.57. The molecule has 0 aromatic heterocycles. The fourth-order valence-electron chi connectivity index (χ4n) is 3.79. The van der Waals surface area contributed by atoms with Crippen LogP contribution in [-0.4, -0.2) is 13.2 Å². The van der Waals surface area contributed by atoms with E-state index >= 15 is 0 Å². The average molecular weight is 347 g/mol. The van der Waals surface area contributed by atoms with E-state index < -0.39 is 0 Å². The maximum atomic E-state index is 6.14. The third-order valence-corrected chi connectivity index (χ3v) is 5.57. The topological polar surface area (TPSA) is 18.5 Å². The van der Waals surface area contributed by atoms with Crippen molar-refractivity contribution in [2.75, 3.05) is 13.2 Å². The summed E-state index contributed by atoms with van der Waals surface area (Å²) < 4.78 is 11.9. The molecule has 0 saturated heterocycles. The van der Waals surface area contributed by atoms with Crippen LogP contribution < -0.4 is 9.47 Å². The summed E-state index contributed by atoms with van der Waals surface area (Å²) in [5.41, 5.74) is 1.18. The predicted octanol–water partition coefficient (Wildman–Crippen LogP) is 6.94. The highest BCUT2D eigenvalue weighted by molar-refractivity contribution is 5.39. The Balaban J connectivity index is 1.69. The van der Waals surface area contributed by atoms with Crippen molar-refractivity contribution in [3.63, 3.8) is 0 Å². The molecule has 2 nitrogen and oxygen atoms in total. The van der Waals surface area contributed by atoms with Crippen molar-refractivity contribution in [1.82, 2.24) is 0 Å². The Morgan fingerprint density at radius 2 is 1.60 bits per heavy atom. The lowest BCUT2D eigenvalue weighted by Gasteiger charge is -2.28. The lowest BCUT2D eigenvalue weighted by atomic mass is 9.80. The normalized spacial score (nSPS) is 20.4. The van der Waals surface area contributed by atoms with Gasteiger partial charge in [0.25, 0.3) is 0 Å². The molecule has 0 spiro atoms. The van der Waals surface area contributed by atoms with Crippen molar-refractivity contribution in [3.05, 3.63) is 23.8 Å². The van der Waals surface area contributed by atoms with Crippen LogP contribution in [0.2, 0.25) is 0 Å². The molecule has 25 heavy (non-hydrogen) atoms. The van der Waals surface area contributed by atoms with Gasteiger partial charge in [0, 0.05) is 0 Å². The first kappa shape index (κ1) is 20.1. The Kier molecular flexibility index (Phi) is 9.21. The molecule has 0 atom stereocenters. The van der Waals surface area contributed by atoms with Gasteiger partial charge in [0.05, 0.1) is 13.2 Å². The Hall–Kier alpha value is -1.18. The Labute approximate surface area is 155 Å². The van der Waals surface area contributed by atoms with Crippen molar-refractivity contribution < 1.29 is 9.47 Å². The highest BCUT2D eigenvalue weighted by Gasteiger charge is 2.21. The molecule has 1 aliphatic carbocycles. The second kappa shape index (κ2) is 11.4. The largest absolute Gasteiger partial charge is 0.494 e. The molecule has 1 aliphatic rings. The Morgan fingerprint density at radius 1 is 0.880 bits per heavy atom. The zero-order valence-electron chi connectivity index (χ0n) is 16.7. The smallest absolute Gasteiger partial charge is 0.122 e. The van der Waals surface area contributed by atoms with E-state index in [4.69, 9.17) is 9.47 Å². The summed E-state index contributed by atoms with van der Waals surface area (Å²) in [6, 6.07) is 6.23. The molecular weight excluding hydrogens is 308 g/mol. The van der Waals surface area contributed by atoms with Crippen LogP contribution in [0.25, 0.3) is 0 Å². The van der Waals surface area contributed by atoms with Crippen LogP contribution in [0.5, 0.6) is 11.5 Å². The zero-order valence-corrected chi connectivity index (χ0v) is 16.7. The molecule has 1 aromatic rings. The van der Waals surface area contributed by atoms with Crippen LogP contribution in [0.3, 0.4) is 0 Å². The van der Waals surface area contributed by atoms with E-state index in [0.717, 1.165) is 43.0 Å². The number of ether oxygens (including phenoxy) is 2. The summed E-state index contributed by atoms with van der Waals surface area (Å²) in [7, 11) is 0. The molecule has 0 bridgehead atoms. The number of benzene rings is 1. The van der Waals surface area contributed by atoms with Crippen LogP contribution in [0, 0.1) is 18.8 Å². The standard InChI is InChI=1S/C23H38O2/c1-4-6-8-9-20-10-12-21(13-11-20)18-25-23-15-14-22(17-19(23)3)24-16-7-5-2/h14-15,17,20-21H,4-13,16,18H2,1-3H3. The van der Waals surface area contributed by atoms with Gasteiger partial charge in [0.1, 0.15) is 11.5 Å². The van der Waals surface area contributed by atoms with Crippen LogP contribution >= 0.6 is 0 Å². The van der Waals surface area contributed by atoms with Gasteiger partial charge < -0.3 is 9.47 Å². The van der Waals surface area contributed by atoms with E-state index in [1.165, 1.54) is 63.4 Å². The lowest BCUT2D eigenvalue weighted by molar-refractivity contribution is 0.177. The molecule has 1 saturated carbocycles. The molecule has 0 aliphatic heterocycles. The fraction of sp³-hybridized carbons (Fsp3) is 0.739. The van der Waals surface area contributed by atoms with Gasteiger partial charge >= 0.3 is 0 Å². The van der Waals surface area contributed by atoms with Crippen LogP contribution in [-0.2, 0) is 0 Å². The maximum Gasteiger partial charge on any atom is 0.122 e. The van der Waals surface area contributed by atoms with Gasteiger partial charge in [0.2, 0.25) is 0 Å². The van der Waals surface area contributed by atoms with E-state index in [-0.39, 0.29) is 0 Å². The first-order valence-corrected chi connectivity index (χ1v) is 10.6. The molecule has 0 unspecified atom stereocenters. The summed E-state index contributed by atoms with van der Waals surface area (Å²) in [5, 5.41) is 0. The van der Waals surface area contributed by atoms with E-state index in [2.05, 4.69) is 32.9 Å². The van der Waals surface area contributed by atoms with Crippen molar-refractivity contribution in [3.8, 4) is 11.5 Å². The third kappa shape index (κ3) is 7.30. The molecular formula is C23H38O2. The van der Waals surface area contributed by atoms with Gasteiger partial charge in [-0.05, 0) is 61.8 Å². The number of hydrogen-bond donors (Lipinski definition) is 0. The molecule has 0 heterocycles. The summed E-state index contributed by atoms with van der Waals surface area (Å²) in [6.07, 6.45) is 13.4.